The van der Waals surface area contributed by atoms with Crippen LogP contribution >= 0.6 is 49.6 Å². The Balaban J connectivity index is -0.000000729. The van der Waals surface area contributed by atoms with Crippen LogP contribution in [0, 0.1) is 0 Å². The summed E-state index contributed by atoms with van der Waals surface area (Å²) in [6.45, 7) is 2.52. The molecule has 13 heteroatoms. The smallest absolute Gasteiger partial charge is 0.144 e. The van der Waals surface area contributed by atoms with Crippen LogP contribution in [0.4, 0.5) is 22.7 Å². The fourth-order valence-corrected chi connectivity index (χ4v) is 2.09. The summed E-state index contributed by atoms with van der Waals surface area (Å²) in [6, 6.07) is 10.2. The maximum atomic E-state index is 5.79. The van der Waals surface area contributed by atoms with Crippen molar-refractivity contribution >= 4 is 72.4 Å². The highest BCUT2D eigenvalue weighted by Gasteiger charge is 2.02. The zero-order valence-electron chi connectivity index (χ0n) is 16.8. The lowest BCUT2D eigenvalue weighted by Gasteiger charge is -2.11. The average Bonchev–Trinajstić information content (AvgIpc) is 2.62. The fraction of sp³-hybridized carbons (Fsp3) is 0.333. The van der Waals surface area contributed by atoms with Crippen LogP contribution in [0.15, 0.2) is 36.4 Å². The number of rotatable bonds is 11. The van der Waals surface area contributed by atoms with Crippen molar-refractivity contribution in [2.24, 2.45) is 0 Å². The Kier molecular flexibility index (Phi) is 23.9. The molecule has 0 radical (unpaired) electrons. The molecule has 0 saturated carbocycles. The predicted molar refractivity (Wildman–Crippen MR) is 136 cm³/mol. The first kappa shape index (κ1) is 36.6. The van der Waals surface area contributed by atoms with Crippen molar-refractivity contribution in [3.05, 3.63) is 36.4 Å². The van der Waals surface area contributed by atoms with Crippen LogP contribution in [0.5, 0.6) is 11.5 Å². The Morgan fingerprint density at radius 3 is 1.19 bits per heavy atom. The molecule has 9 nitrogen and oxygen atoms in total. The minimum Gasteiger partial charge on any atom is -0.489 e. The molecule has 0 spiro atoms. The number of ether oxygens (including phenoxy) is 4. The molecule has 0 unspecified atom stereocenters. The van der Waals surface area contributed by atoms with Crippen LogP contribution in [0.3, 0.4) is 0 Å². The highest BCUT2D eigenvalue weighted by Crippen LogP contribution is 2.24. The minimum absolute atomic E-state index is 0. The van der Waals surface area contributed by atoms with Gasteiger partial charge in [-0.1, -0.05) is 0 Å². The third-order valence-corrected chi connectivity index (χ3v) is 3.42. The van der Waals surface area contributed by atoms with Gasteiger partial charge in [0.2, 0.25) is 0 Å². The largest absolute Gasteiger partial charge is 0.489 e. The number of hydrogen-bond acceptors (Lipinski definition) is 8. The summed E-state index contributed by atoms with van der Waals surface area (Å²) in [7, 11) is 0. The van der Waals surface area contributed by atoms with Crippen molar-refractivity contribution in [2.75, 3.05) is 62.6 Å². The molecule has 0 aromatic heterocycles. The van der Waals surface area contributed by atoms with Crippen molar-refractivity contribution in [1.82, 2.24) is 0 Å². The zero-order valence-corrected chi connectivity index (χ0v) is 20.0. The molecule has 0 saturated heterocycles. The molecule has 0 atom stereocenters. The molecular weight excluding hydrogens is 494 g/mol. The number of nitrogens with two attached hydrogens (primary N) is 4. The van der Waals surface area contributed by atoms with E-state index >= 15 is 0 Å². The van der Waals surface area contributed by atoms with Gasteiger partial charge in [-0.25, -0.2) is 0 Å². The molecule has 2 aromatic carbocycles. The second-order valence-electron chi connectivity index (χ2n) is 5.52. The maximum absolute atomic E-state index is 5.79. The van der Waals surface area contributed by atoms with Crippen molar-refractivity contribution in [2.45, 2.75) is 0 Å². The molecule has 0 heterocycles. The van der Waals surface area contributed by atoms with Crippen molar-refractivity contribution in [3.8, 4) is 11.5 Å². The van der Waals surface area contributed by atoms with E-state index in [-0.39, 0.29) is 55.1 Å². The number of nitrogen functional groups attached to an aromatic ring is 4. The van der Waals surface area contributed by atoms with Gasteiger partial charge in [0.15, 0.2) is 0 Å². The van der Waals surface area contributed by atoms with E-state index < -0.39 is 0 Å². The van der Waals surface area contributed by atoms with E-state index in [1.807, 2.05) is 0 Å². The quantitative estimate of drug-likeness (QED) is 0.255. The summed E-state index contributed by atoms with van der Waals surface area (Å²) in [4.78, 5) is 0. The highest BCUT2D eigenvalue weighted by atomic mass is 35.5. The summed E-state index contributed by atoms with van der Waals surface area (Å²) in [5.74, 6) is 1.12. The van der Waals surface area contributed by atoms with Gasteiger partial charge < -0.3 is 47.4 Å². The first-order valence-corrected chi connectivity index (χ1v) is 8.27. The Morgan fingerprint density at radius 1 is 0.516 bits per heavy atom. The van der Waals surface area contributed by atoms with E-state index in [2.05, 4.69) is 0 Å². The van der Waals surface area contributed by atoms with E-state index in [0.717, 1.165) is 0 Å². The van der Waals surface area contributed by atoms with Crippen LogP contribution < -0.4 is 32.4 Å². The minimum atomic E-state index is 0. The van der Waals surface area contributed by atoms with E-state index in [0.29, 0.717) is 73.9 Å². The summed E-state index contributed by atoms with van der Waals surface area (Å²) in [5.41, 5.74) is 25.2. The molecule has 0 aliphatic carbocycles. The third-order valence-electron chi connectivity index (χ3n) is 3.42. The van der Waals surface area contributed by atoms with E-state index in [1.54, 1.807) is 36.4 Å². The first-order valence-electron chi connectivity index (χ1n) is 8.27. The Hall–Kier alpha value is -1.72. The zero-order chi connectivity index (χ0) is 18.8. The highest BCUT2D eigenvalue weighted by molar-refractivity contribution is 5.86. The average molecular weight is 526 g/mol. The van der Waals surface area contributed by atoms with Crippen molar-refractivity contribution in [3.63, 3.8) is 0 Å². The standard InChI is InChI=1S/C18H26N4O4.4ClH.H2O/c19-13-1-3-15(21)17(11-13)25-9-7-23-5-6-24-8-10-26-18-12-14(20)2-4-16(18)22;;;;;/h1-4,11-12H,5-10,19-22H2;4*1H;1H2. The molecule has 0 aliphatic rings. The van der Waals surface area contributed by atoms with Gasteiger partial charge in [0.25, 0.3) is 0 Å². The first-order chi connectivity index (χ1) is 12.6. The molecule has 2 rings (SSSR count). The van der Waals surface area contributed by atoms with Crippen LogP contribution in [0.1, 0.15) is 0 Å². The topological polar surface area (TPSA) is 172 Å². The molecule has 0 fully saturated rings. The second kappa shape index (κ2) is 20.2. The molecular formula is C18H32Cl4N4O5. The van der Waals surface area contributed by atoms with Gasteiger partial charge in [-0.2, -0.15) is 0 Å². The Labute approximate surface area is 207 Å². The number of halogens is 4. The summed E-state index contributed by atoms with van der Waals surface area (Å²) < 4.78 is 21.9. The number of benzene rings is 2. The molecule has 0 aliphatic heterocycles. The maximum Gasteiger partial charge on any atom is 0.144 e. The molecule has 182 valence electrons. The Bertz CT molecular complexity index is 657. The van der Waals surface area contributed by atoms with Crippen molar-refractivity contribution in [1.29, 1.82) is 0 Å². The summed E-state index contributed by atoms with van der Waals surface area (Å²) >= 11 is 0. The lowest BCUT2D eigenvalue weighted by Crippen LogP contribution is -2.14. The van der Waals surface area contributed by atoms with E-state index in [4.69, 9.17) is 41.9 Å². The molecule has 0 bridgehead atoms. The van der Waals surface area contributed by atoms with Crippen LogP contribution in [0.2, 0.25) is 0 Å². The van der Waals surface area contributed by atoms with Gasteiger partial charge in [0.05, 0.1) is 37.8 Å². The third kappa shape index (κ3) is 14.1. The van der Waals surface area contributed by atoms with Crippen LogP contribution in [0.25, 0.3) is 0 Å². The number of hydrogen-bond donors (Lipinski definition) is 4. The van der Waals surface area contributed by atoms with Gasteiger partial charge in [0.1, 0.15) is 24.7 Å². The molecule has 10 N–H and O–H groups in total. The van der Waals surface area contributed by atoms with Gasteiger partial charge >= 0.3 is 0 Å². The summed E-state index contributed by atoms with van der Waals surface area (Å²) in [6.07, 6.45) is 0. The monoisotopic (exact) mass is 524 g/mol. The summed E-state index contributed by atoms with van der Waals surface area (Å²) in [5, 5.41) is 0. The molecule has 2 aromatic rings. The van der Waals surface area contributed by atoms with Gasteiger partial charge in [-0.05, 0) is 24.3 Å². The van der Waals surface area contributed by atoms with Gasteiger partial charge in [-0.3, -0.25) is 0 Å². The lowest BCUT2D eigenvalue weighted by molar-refractivity contribution is 0.0275. The second-order valence-corrected chi connectivity index (χ2v) is 5.52. The van der Waals surface area contributed by atoms with Gasteiger partial charge in [-0.15, -0.1) is 49.6 Å². The number of anilines is 4. The fourth-order valence-electron chi connectivity index (χ4n) is 2.09. The van der Waals surface area contributed by atoms with Crippen LogP contribution in [-0.4, -0.2) is 45.1 Å². The predicted octanol–water partition coefficient (Wildman–Crippen LogP) is 2.37. The van der Waals surface area contributed by atoms with E-state index in [9.17, 15) is 0 Å². The van der Waals surface area contributed by atoms with Crippen molar-refractivity contribution < 1.29 is 24.4 Å². The van der Waals surface area contributed by atoms with E-state index in [1.165, 1.54) is 0 Å². The normalized spacial score (nSPS) is 8.90. The van der Waals surface area contributed by atoms with Gasteiger partial charge in [0, 0.05) is 23.5 Å². The van der Waals surface area contributed by atoms with Crippen LogP contribution in [-0.2, 0) is 9.47 Å². The lowest BCUT2D eigenvalue weighted by atomic mass is 10.2. The molecule has 0 amide bonds. The SMILES string of the molecule is Cl.Cl.Cl.Cl.Nc1ccc(N)c(OCCOCCOCCOc2cc(N)ccc2N)c1.O. The Morgan fingerprint density at radius 2 is 0.839 bits per heavy atom. The molecule has 31 heavy (non-hydrogen) atoms.